The number of fused-ring (bicyclic) bond motifs is 1. The summed E-state index contributed by atoms with van der Waals surface area (Å²) in [5.41, 5.74) is 2.11. The van der Waals surface area contributed by atoms with Crippen LogP contribution in [0.5, 0.6) is 0 Å². The molecule has 3 aromatic rings. The van der Waals surface area contributed by atoms with Crippen molar-refractivity contribution in [3.05, 3.63) is 48.4 Å². The first kappa shape index (κ1) is 18.9. The third kappa shape index (κ3) is 3.88. The first-order valence-corrected chi connectivity index (χ1v) is 10.4. The van der Waals surface area contributed by atoms with E-state index < -0.39 is 0 Å². The molecule has 0 radical (unpaired) electrons. The average Bonchev–Trinajstić information content (AvgIpc) is 3.14. The lowest BCUT2D eigenvalue weighted by atomic mass is 10.1. The van der Waals surface area contributed by atoms with E-state index in [9.17, 15) is 4.79 Å². The molecule has 1 unspecified atom stereocenters. The summed E-state index contributed by atoms with van der Waals surface area (Å²) >= 11 is 1.46. The highest BCUT2D eigenvalue weighted by Gasteiger charge is 2.25. The van der Waals surface area contributed by atoms with E-state index in [1.54, 1.807) is 10.9 Å². The Bertz CT molecular complexity index is 952. The van der Waals surface area contributed by atoms with E-state index >= 15 is 0 Å². The zero-order valence-corrected chi connectivity index (χ0v) is 17.0. The molecule has 28 heavy (non-hydrogen) atoms. The van der Waals surface area contributed by atoms with Gasteiger partial charge in [0.1, 0.15) is 11.4 Å². The molecule has 0 spiro atoms. The van der Waals surface area contributed by atoms with Crippen molar-refractivity contribution in [3.8, 4) is 0 Å². The fourth-order valence-electron chi connectivity index (χ4n) is 3.58. The number of nitrogens with zero attached hydrogens (tertiary/aromatic N) is 6. The average molecular weight is 397 g/mol. The van der Waals surface area contributed by atoms with Gasteiger partial charge in [0.05, 0.1) is 17.3 Å². The summed E-state index contributed by atoms with van der Waals surface area (Å²) < 4.78 is 1.72. The van der Waals surface area contributed by atoms with Gasteiger partial charge < -0.3 is 4.90 Å². The maximum Gasteiger partial charge on any atom is 0.233 e. The van der Waals surface area contributed by atoms with Gasteiger partial charge in [-0.3, -0.25) is 14.4 Å². The molecule has 1 aliphatic rings. The van der Waals surface area contributed by atoms with Crippen molar-refractivity contribution in [2.45, 2.75) is 18.0 Å². The van der Waals surface area contributed by atoms with Crippen LogP contribution in [0.25, 0.3) is 11.0 Å². The monoisotopic (exact) mass is 396 g/mol. The number of piperazine rings is 1. The lowest BCUT2D eigenvalue weighted by molar-refractivity contribution is -0.130. The number of rotatable bonds is 5. The number of carbonyl (C=O) groups excluding carboxylic acids is 1. The van der Waals surface area contributed by atoms with Gasteiger partial charge in [0.2, 0.25) is 5.91 Å². The van der Waals surface area contributed by atoms with Gasteiger partial charge in [-0.1, -0.05) is 42.1 Å². The number of carbonyl (C=O) groups is 1. The predicted molar refractivity (Wildman–Crippen MR) is 110 cm³/mol. The Kier molecular flexibility index (Phi) is 5.59. The highest BCUT2D eigenvalue weighted by molar-refractivity contribution is 8.00. The third-order valence-electron chi connectivity index (χ3n) is 5.32. The fourth-order valence-corrected chi connectivity index (χ4v) is 4.44. The Morgan fingerprint density at radius 1 is 1.14 bits per heavy atom. The van der Waals surface area contributed by atoms with Crippen molar-refractivity contribution in [3.63, 3.8) is 0 Å². The van der Waals surface area contributed by atoms with Crippen LogP contribution in [-0.2, 0) is 11.8 Å². The van der Waals surface area contributed by atoms with E-state index in [-0.39, 0.29) is 5.91 Å². The minimum Gasteiger partial charge on any atom is -0.339 e. The van der Waals surface area contributed by atoms with E-state index in [1.165, 1.54) is 23.7 Å². The summed E-state index contributed by atoms with van der Waals surface area (Å²) in [6.07, 6.45) is 3.28. The van der Waals surface area contributed by atoms with Crippen LogP contribution in [0.15, 0.2) is 47.9 Å². The van der Waals surface area contributed by atoms with E-state index in [4.69, 9.17) is 0 Å². The van der Waals surface area contributed by atoms with Crippen LogP contribution in [0.4, 0.5) is 0 Å². The van der Waals surface area contributed by atoms with Crippen LogP contribution in [0, 0.1) is 0 Å². The normalized spacial score (nSPS) is 16.4. The van der Waals surface area contributed by atoms with Crippen LogP contribution in [0.1, 0.15) is 18.5 Å². The molecule has 0 bridgehead atoms. The first-order chi connectivity index (χ1) is 13.6. The molecular formula is C20H24N6OS. The maximum absolute atomic E-state index is 12.7. The summed E-state index contributed by atoms with van der Waals surface area (Å²) in [6.45, 7) is 5.56. The maximum atomic E-state index is 12.7. The van der Waals surface area contributed by atoms with Gasteiger partial charge in [-0.2, -0.15) is 5.10 Å². The Hall–Kier alpha value is -2.45. The number of hydrogen-bond donors (Lipinski definition) is 0. The Balaban J connectivity index is 1.32. The van der Waals surface area contributed by atoms with Gasteiger partial charge >= 0.3 is 0 Å². The van der Waals surface area contributed by atoms with Gasteiger partial charge in [-0.25, -0.2) is 9.97 Å². The van der Waals surface area contributed by atoms with E-state index in [0.29, 0.717) is 11.8 Å². The molecule has 1 atom stereocenters. The Morgan fingerprint density at radius 3 is 2.64 bits per heavy atom. The number of hydrogen-bond acceptors (Lipinski definition) is 6. The fraction of sp³-hybridized carbons (Fsp3) is 0.400. The van der Waals surface area contributed by atoms with Crippen molar-refractivity contribution in [2.75, 3.05) is 31.9 Å². The number of benzene rings is 1. The molecule has 8 heteroatoms. The number of aryl methyl sites for hydroxylation is 1. The molecule has 0 N–H and O–H groups in total. The van der Waals surface area contributed by atoms with Crippen molar-refractivity contribution in [2.24, 2.45) is 7.05 Å². The summed E-state index contributed by atoms with van der Waals surface area (Å²) in [5.74, 6) is 0.544. The van der Waals surface area contributed by atoms with Crippen LogP contribution in [0.2, 0.25) is 0 Å². The number of amides is 1. The molecule has 1 aliphatic heterocycles. The topological polar surface area (TPSA) is 67.2 Å². The first-order valence-electron chi connectivity index (χ1n) is 9.46. The molecule has 7 nitrogen and oxygen atoms in total. The summed E-state index contributed by atoms with van der Waals surface area (Å²) in [6, 6.07) is 10.9. The van der Waals surface area contributed by atoms with Gasteiger partial charge in [0, 0.05) is 39.3 Å². The molecule has 0 saturated carbocycles. The van der Waals surface area contributed by atoms with Gasteiger partial charge in [-0.15, -0.1) is 0 Å². The largest absolute Gasteiger partial charge is 0.339 e. The summed E-state index contributed by atoms with van der Waals surface area (Å²) in [5, 5.41) is 5.92. The Labute approximate surface area is 168 Å². The molecule has 1 amide bonds. The third-order valence-corrected chi connectivity index (χ3v) is 6.31. The summed E-state index contributed by atoms with van der Waals surface area (Å²) in [7, 11) is 1.85. The molecule has 4 rings (SSSR count). The zero-order chi connectivity index (χ0) is 19.5. The smallest absolute Gasteiger partial charge is 0.233 e. The van der Waals surface area contributed by atoms with Crippen molar-refractivity contribution < 1.29 is 4.79 Å². The quantitative estimate of drug-likeness (QED) is 0.487. The minimum atomic E-state index is 0.160. The molecule has 2 aromatic heterocycles. The van der Waals surface area contributed by atoms with Gasteiger partial charge in [0.25, 0.3) is 0 Å². The van der Waals surface area contributed by atoms with E-state index in [1.807, 2.05) is 18.0 Å². The Morgan fingerprint density at radius 2 is 1.89 bits per heavy atom. The molecule has 3 heterocycles. The lowest BCUT2D eigenvalue weighted by Crippen LogP contribution is -2.49. The van der Waals surface area contributed by atoms with Crippen LogP contribution >= 0.6 is 11.8 Å². The number of aromatic nitrogens is 4. The molecule has 146 valence electrons. The lowest BCUT2D eigenvalue weighted by Gasteiger charge is -2.38. The second kappa shape index (κ2) is 8.28. The molecule has 1 saturated heterocycles. The molecule has 0 aliphatic carbocycles. The number of thioether (sulfide) groups is 1. The van der Waals surface area contributed by atoms with Crippen molar-refractivity contribution in [1.82, 2.24) is 29.5 Å². The molecular weight excluding hydrogens is 372 g/mol. The summed E-state index contributed by atoms with van der Waals surface area (Å²) in [4.78, 5) is 25.7. The van der Waals surface area contributed by atoms with E-state index in [0.717, 1.165) is 42.2 Å². The second-order valence-electron chi connectivity index (χ2n) is 6.98. The second-order valence-corrected chi connectivity index (χ2v) is 7.94. The van der Waals surface area contributed by atoms with Crippen LogP contribution < -0.4 is 0 Å². The predicted octanol–water partition coefficient (Wildman–Crippen LogP) is 2.36. The van der Waals surface area contributed by atoms with Gasteiger partial charge in [0.15, 0.2) is 5.65 Å². The van der Waals surface area contributed by atoms with Crippen LogP contribution in [-0.4, -0.2) is 67.4 Å². The van der Waals surface area contributed by atoms with E-state index in [2.05, 4.69) is 51.2 Å². The van der Waals surface area contributed by atoms with Crippen molar-refractivity contribution >= 4 is 28.7 Å². The SMILES string of the molecule is CC(c1ccccc1)N1CCN(C(=O)CSc2ncnc3c2cnn3C)CC1. The van der Waals surface area contributed by atoms with Gasteiger partial charge in [-0.05, 0) is 12.5 Å². The highest BCUT2D eigenvalue weighted by Crippen LogP contribution is 2.25. The minimum absolute atomic E-state index is 0.160. The molecule has 1 aromatic carbocycles. The molecule has 1 fully saturated rings. The van der Waals surface area contributed by atoms with Crippen LogP contribution in [0.3, 0.4) is 0 Å². The van der Waals surface area contributed by atoms with Crippen molar-refractivity contribution in [1.29, 1.82) is 0 Å². The zero-order valence-electron chi connectivity index (χ0n) is 16.2. The highest BCUT2D eigenvalue weighted by atomic mass is 32.2. The standard InChI is InChI=1S/C20H24N6OS/c1-15(16-6-4-3-5-7-16)25-8-10-26(11-9-25)18(27)13-28-20-17-12-23-24(2)19(17)21-14-22-20/h3-7,12,14-15H,8-11,13H2,1-2H3.